The highest BCUT2D eigenvalue weighted by Gasteiger charge is 2.13. The van der Waals surface area contributed by atoms with Gasteiger partial charge in [0.05, 0.1) is 11.5 Å². The molecule has 0 aliphatic heterocycles. The third-order valence-corrected chi connectivity index (χ3v) is 4.59. The highest BCUT2D eigenvalue weighted by atomic mass is 32.2. The lowest BCUT2D eigenvalue weighted by atomic mass is 10.2. The Bertz CT molecular complexity index is 500. The summed E-state index contributed by atoms with van der Waals surface area (Å²) in [6.07, 6.45) is 0. The molecule has 0 radical (unpaired) electrons. The minimum atomic E-state index is -3.16. The Kier molecular flexibility index (Phi) is 6.58. The van der Waals surface area contributed by atoms with Gasteiger partial charge in [-0.25, -0.2) is 12.8 Å². The van der Waals surface area contributed by atoms with Crippen LogP contribution in [-0.2, 0) is 15.6 Å². The second-order valence-electron chi connectivity index (χ2n) is 5.33. The summed E-state index contributed by atoms with van der Waals surface area (Å²) in [4.78, 5) is 4.06. The van der Waals surface area contributed by atoms with E-state index in [1.165, 1.54) is 24.3 Å². The quantitative estimate of drug-likeness (QED) is 0.724. The smallest absolute Gasteiger partial charge is 0.155 e. The summed E-state index contributed by atoms with van der Waals surface area (Å²) in [5, 5.41) is 0. The zero-order valence-corrected chi connectivity index (χ0v) is 13.2. The van der Waals surface area contributed by atoms with E-state index in [1.807, 2.05) is 26.0 Å². The largest absolute Gasteiger partial charge is 0.308 e. The molecule has 0 aliphatic carbocycles. The van der Waals surface area contributed by atoms with E-state index >= 15 is 0 Å². The van der Waals surface area contributed by atoms with Gasteiger partial charge >= 0.3 is 0 Å². The lowest BCUT2D eigenvalue weighted by molar-refractivity contribution is 0.293. The van der Waals surface area contributed by atoms with E-state index in [-0.39, 0.29) is 17.3 Å². The van der Waals surface area contributed by atoms with Gasteiger partial charge in [-0.3, -0.25) is 0 Å². The SMILES string of the molecule is CN(C)CCN(C)CCS(=O)(=O)Cc1ccc(F)cc1. The molecule has 0 heterocycles. The average molecular weight is 302 g/mol. The molecule has 0 aromatic heterocycles. The van der Waals surface area contributed by atoms with Crippen LogP contribution in [0.25, 0.3) is 0 Å². The topological polar surface area (TPSA) is 40.6 Å². The molecular formula is C14H23FN2O2S. The van der Waals surface area contributed by atoms with Crippen LogP contribution < -0.4 is 0 Å². The lowest BCUT2D eigenvalue weighted by Crippen LogP contribution is -2.32. The van der Waals surface area contributed by atoms with Crippen LogP contribution in [0, 0.1) is 5.82 Å². The Labute approximate surface area is 121 Å². The number of hydrogen-bond donors (Lipinski definition) is 0. The van der Waals surface area contributed by atoms with Gasteiger partial charge in [0.25, 0.3) is 0 Å². The Morgan fingerprint density at radius 2 is 1.60 bits per heavy atom. The van der Waals surface area contributed by atoms with Crippen molar-refractivity contribution >= 4 is 9.84 Å². The third-order valence-electron chi connectivity index (χ3n) is 3.01. The first-order valence-electron chi connectivity index (χ1n) is 6.56. The normalized spacial score (nSPS) is 12.3. The predicted molar refractivity (Wildman–Crippen MR) is 79.9 cm³/mol. The summed E-state index contributed by atoms with van der Waals surface area (Å²) in [5.41, 5.74) is 0.627. The van der Waals surface area contributed by atoms with Crippen molar-refractivity contribution in [3.63, 3.8) is 0 Å². The van der Waals surface area contributed by atoms with E-state index in [9.17, 15) is 12.8 Å². The average Bonchev–Trinajstić information content (AvgIpc) is 2.36. The van der Waals surface area contributed by atoms with Crippen LogP contribution in [0.5, 0.6) is 0 Å². The Morgan fingerprint density at radius 3 is 2.15 bits per heavy atom. The van der Waals surface area contributed by atoms with E-state index in [1.54, 1.807) is 0 Å². The van der Waals surface area contributed by atoms with Crippen LogP contribution in [0.3, 0.4) is 0 Å². The van der Waals surface area contributed by atoms with Gasteiger partial charge in [-0.1, -0.05) is 12.1 Å². The van der Waals surface area contributed by atoms with Crippen molar-refractivity contribution < 1.29 is 12.8 Å². The Balaban J connectivity index is 2.43. The molecule has 0 aliphatic rings. The van der Waals surface area contributed by atoms with Gasteiger partial charge in [-0.05, 0) is 38.8 Å². The van der Waals surface area contributed by atoms with Gasteiger partial charge in [0, 0.05) is 19.6 Å². The fourth-order valence-electron chi connectivity index (χ4n) is 1.68. The van der Waals surface area contributed by atoms with E-state index in [0.717, 1.165) is 13.1 Å². The summed E-state index contributed by atoms with van der Waals surface area (Å²) in [6, 6.07) is 5.60. The van der Waals surface area contributed by atoms with Crippen LogP contribution in [0.2, 0.25) is 0 Å². The van der Waals surface area contributed by atoms with Crippen molar-refractivity contribution in [2.75, 3.05) is 46.5 Å². The number of nitrogens with zero attached hydrogens (tertiary/aromatic N) is 2. The molecule has 1 aromatic carbocycles. The first kappa shape index (κ1) is 17.1. The van der Waals surface area contributed by atoms with Crippen molar-refractivity contribution in [1.82, 2.24) is 9.80 Å². The number of sulfone groups is 1. The van der Waals surface area contributed by atoms with Crippen molar-refractivity contribution in [2.45, 2.75) is 5.75 Å². The maximum absolute atomic E-state index is 12.8. The molecule has 1 rings (SSSR count). The predicted octanol–water partition coefficient (Wildman–Crippen LogP) is 1.23. The summed E-state index contributed by atoms with van der Waals surface area (Å²) < 4.78 is 36.8. The molecule has 0 N–H and O–H groups in total. The molecule has 20 heavy (non-hydrogen) atoms. The molecule has 1 aromatic rings. The summed E-state index contributed by atoms with van der Waals surface area (Å²) in [5.74, 6) is -0.266. The zero-order valence-electron chi connectivity index (χ0n) is 12.3. The highest BCUT2D eigenvalue weighted by Crippen LogP contribution is 2.08. The molecular weight excluding hydrogens is 279 g/mol. The van der Waals surface area contributed by atoms with Gasteiger partial charge in [0.15, 0.2) is 9.84 Å². The van der Waals surface area contributed by atoms with Gasteiger partial charge in [-0.2, -0.15) is 0 Å². The van der Waals surface area contributed by atoms with Gasteiger partial charge in [0.2, 0.25) is 0 Å². The van der Waals surface area contributed by atoms with Crippen LogP contribution >= 0.6 is 0 Å². The molecule has 6 heteroatoms. The molecule has 0 fully saturated rings. The number of hydrogen-bond acceptors (Lipinski definition) is 4. The van der Waals surface area contributed by atoms with Gasteiger partial charge in [0.1, 0.15) is 5.82 Å². The van der Waals surface area contributed by atoms with Crippen molar-refractivity contribution in [3.05, 3.63) is 35.6 Å². The number of benzene rings is 1. The molecule has 0 atom stereocenters. The van der Waals surface area contributed by atoms with Crippen LogP contribution in [0.4, 0.5) is 4.39 Å². The second-order valence-corrected chi connectivity index (χ2v) is 7.51. The minimum absolute atomic E-state index is 0.0329. The Morgan fingerprint density at radius 1 is 1.00 bits per heavy atom. The maximum Gasteiger partial charge on any atom is 0.155 e. The van der Waals surface area contributed by atoms with Gasteiger partial charge < -0.3 is 9.80 Å². The molecule has 0 spiro atoms. The van der Waals surface area contributed by atoms with E-state index in [2.05, 4.69) is 4.90 Å². The summed E-state index contributed by atoms with van der Waals surface area (Å²) >= 11 is 0. The zero-order chi connectivity index (χ0) is 15.2. The third kappa shape index (κ3) is 6.98. The lowest BCUT2D eigenvalue weighted by Gasteiger charge is -2.19. The molecule has 4 nitrogen and oxygen atoms in total. The fraction of sp³-hybridized carbons (Fsp3) is 0.571. The first-order chi connectivity index (χ1) is 9.28. The molecule has 0 bridgehead atoms. The molecule has 0 amide bonds. The first-order valence-corrected chi connectivity index (χ1v) is 8.39. The fourth-order valence-corrected chi connectivity index (χ4v) is 3.12. The van der Waals surface area contributed by atoms with Crippen molar-refractivity contribution in [2.24, 2.45) is 0 Å². The summed E-state index contributed by atoms with van der Waals surface area (Å²) in [6.45, 7) is 2.24. The van der Waals surface area contributed by atoms with Crippen LogP contribution in [0.15, 0.2) is 24.3 Å². The summed E-state index contributed by atoms with van der Waals surface area (Å²) in [7, 11) is 2.73. The number of halogens is 1. The molecule has 0 unspecified atom stereocenters. The van der Waals surface area contributed by atoms with Gasteiger partial charge in [-0.15, -0.1) is 0 Å². The molecule has 0 saturated carbocycles. The standard InChI is InChI=1S/C14H23FN2O2S/c1-16(2)8-9-17(3)10-11-20(18,19)12-13-4-6-14(15)7-5-13/h4-7H,8-12H2,1-3H3. The van der Waals surface area contributed by atoms with Crippen LogP contribution in [-0.4, -0.2) is 64.7 Å². The second kappa shape index (κ2) is 7.71. The van der Waals surface area contributed by atoms with E-state index in [0.29, 0.717) is 12.1 Å². The van der Waals surface area contributed by atoms with Crippen molar-refractivity contribution in [1.29, 1.82) is 0 Å². The van der Waals surface area contributed by atoms with E-state index in [4.69, 9.17) is 0 Å². The monoisotopic (exact) mass is 302 g/mol. The van der Waals surface area contributed by atoms with E-state index < -0.39 is 9.84 Å². The maximum atomic E-state index is 12.8. The Hall–Kier alpha value is -0.980. The number of likely N-dealkylation sites (N-methyl/N-ethyl adjacent to an activating group) is 2. The molecule has 0 saturated heterocycles. The van der Waals surface area contributed by atoms with Crippen LogP contribution in [0.1, 0.15) is 5.56 Å². The minimum Gasteiger partial charge on any atom is -0.308 e. The highest BCUT2D eigenvalue weighted by molar-refractivity contribution is 7.90. The van der Waals surface area contributed by atoms with Crippen molar-refractivity contribution in [3.8, 4) is 0 Å². The number of rotatable bonds is 8. The molecule has 114 valence electrons.